The predicted octanol–water partition coefficient (Wildman–Crippen LogP) is 13.0. The monoisotopic (exact) mass is 449 g/mol. The molecule has 0 spiro atoms. The molecule has 200 valence electrons. The fourth-order valence-corrected chi connectivity index (χ4v) is 1.58. The average Bonchev–Trinajstić information content (AvgIpc) is 2.37. The van der Waals surface area contributed by atoms with Gasteiger partial charge in [0.2, 0.25) is 0 Å². The fourth-order valence-electron chi connectivity index (χ4n) is 1.58. The first-order valence-corrected chi connectivity index (χ1v) is 10.8. The number of hydrogen-bond donors (Lipinski definition) is 0. The smallest absolute Gasteiger partial charge is 0.0326 e. The zero-order valence-corrected chi connectivity index (χ0v) is 21.9. The van der Waals surface area contributed by atoms with E-state index in [1.165, 1.54) is 17.6 Å². The van der Waals surface area contributed by atoms with Gasteiger partial charge in [0.15, 0.2) is 0 Å². The van der Waals surface area contributed by atoms with Crippen molar-refractivity contribution < 1.29 is 0 Å². The molecular weight excluding hydrogens is 372 g/mol. The number of rotatable bonds is 4. The van der Waals surface area contributed by atoms with Gasteiger partial charge >= 0.3 is 0 Å². The number of hydrogen-bond acceptors (Lipinski definition) is 0. The molecule has 0 heteroatoms. The van der Waals surface area contributed by atoms with Gasteiger partial charge in [0.05, 0.1) is 0 Å². The van der Waals surface area contributed by atoms with Gasteiger partial charge in [0.1, 0.15) is 0 Å². The van der Waals surface area contributed by atoms with Crippen molar-refractivity contribution in [3.05, 3.63) is 11.1 Å². The molecule has 0 aromatic rings. The van der Waals surface area contributed by atoms with Gasteiger partial charge in [-0.25, -0.2) is 0 Å². The van der Waals surface area contributed by atoms with E-state index in [2.05, 4.69) is 118 Å². The molecule has 0 unspecified atom stereocenters. The summed E-state index contributed by atoms with van der Waals surface area (Å²) in [6.07, 6.45) is 1.31. The van der Waals surface area contributed by atoms with Crippen LogP contribution in [0.2, 0.25) is 0 Å². The second-order valence-electron chi connectivity index (χ2n) is 12.0. The second-order valence-corrected chi connectivity index (χ2v) is 12.0. The lowest BCUT2D eigenvalue weighted by Gasteiger charge is -2.40. The molecule has 0 saturated carbocycles. The molecule has 0 aromatic heterocycles. The van der Waals surface area contributed by atoms with Crippen molar-refractivity contribution in [2.75, 3.05) is 0 Å². The molecule has 0 aliphatic rings. The molecule has 0 nitrogen and oxygen atoms in total. The van der Waals surface area contributed by atoms with E-state index in [1.807, 2.05) is 0 Å². The molecule has 0 N–H and O–H groups in total. The lowest BCUT2D eigenvalue weighted by molar-refractivity contribution is 0.102. The summed E-state index contributed by atoms with van der Waals surface area (Å²) in [5, 5.41) is 0. The van der Waals surface area contributed by atoms with Gasteiger partial charge in [-0.1, -0.05) is 138 Å². The van der Waals surface area contributed by atoms with E-state index in [0.29, 0.717) is 16.2 Å². The molecule has 0 radical (unpaired) electrons. The maximum absolute atomic E-state index is 2.39. The van der Waals surface area contributed by atoms with Crippen molar-refractivity contribution in [1.82, 2.24) is 0 Å². The van der Waals surface area contributed by atoms with Crippen molar-refractivity contribution in [3.8, 4) is 0 Å². The van der Waals surface area contributed by atoms with Gasteiger partial charge in [-0.15, -0.1) is 0 Å². The van der Waals surface area contributed by atoms with Crippen LogP contribution in [-0.4, -0.2) is 0 Å². The Morgan fingerprint density at radius 2 is 0.613 bits per heavy atom. The van der Waals surface area contributed by atoms with Gasteiger partial charge in [-0.05, 0) is 68.1 Å². The molecule has 0 rings (SSSR count). The third-order valence-electron chi connectivity index (χ3n) is 6.77. The Labute approximate surface area is 206 Å². The topological polar surface area (TPSA) is 0 Å². The van der Waals surface area contributed by atoms with Crippen LogP contribution in [0.3, 0.4) is 0 Å². The summed E-state index contributed by atoms with van der Waals surface area (Å²) < 4.78 is 0. The third kappa shape index (κ3) is 29.7. The van der Waals surface area contributed by atoms with Crippen LogP contribution in [0.1, 0.15) is 161 Å². The van der Waals surface area contributed by atoms with E-state index in [9.17, 15) is 0 Å². The summed E-state index contributed by atoms with van der Waals surface area (Å²) in [6, 6.07) is 0. The maximum atomic E-state index is 2.39. The highest BCUT2D eigenvalue weighted by atomic mass is 14.4. The van der Waals surface area contributed by atoms with E-state index in [0.717, 1.165) is 17.8 Å². The van der Waals surface area contributed by atoms with Gasteiger partial charge in [-0.2, -0.15) is 0 Å². The van der Waals surface area contributed by atoms with Gasteiger partial charge < -0.3 is 0 Å². The van der Waals surface area contributed by atoms with Crippen LogP contribution >= 0.6 is 0 Å². The zero-order chi connectivity index (χ0) is 22.1. The second kappa shape index (κ2) is 21.6. The predicted molar refractivity (Wildman–Crippen MR) is 160 cm³/mol. The molecular formula is C31H76. The molecule has 0 saturated heterocycles. The van der Waals surface area contributed by atoms with E-state index in [-0.39, 0.29) is 37.1 Å². The average molecular weight is 449 g/mol. The Bertz CT molecular complexity index is 345. The molecule has 31 heavy (non-hydrogen) atoms. The first-order chi connectivity index (χ1) is 11.2. The van der Waals surface area contributed by atoms with Crippen molar-refractivity contribution >= 4 is 0 Å². The van der Waals surface area contributed by atoms with E-state index in [1.54, 1.807) is 0 Å². The third-order valence-corrected chi connectivity index (χ3v) is 6.77. The molecule has 0 aromatic carbocycles. The highest BCUT2D eigenvalue weighted by Crippen LogP contribution is 2.42. The Morgan fingerprint density at radius 3 is 0.677 bits per heavy atom. The van der Waals surface area contributed by atoms with Crippen LogP contribution in [0.4, 0.5) is 0 Å². The molecule has 0 heterocycles. The van der Waals surface area contributed by atoms with E-state index in [4.69, 9.17) is 0 Å². The van der Waals surface area contributed by atoms with Crippen LogP contribution in [0.15, 0.2) is 11.1 Å². The van der Waals surface area contributed by atoms with Crippen LogP contribution in [0.5, 0.6) is 0 Å². The van der Waals surface area contributed by atoms with Gasteiger partial charge in [0, 0.05) is 0 Å². The van der Waals surface area contributed by atoms with E-state index >= 15 is 0 Å². The Kier molecular flexibility index (Phi) is 36.6. The summed E-state index contributed by atoms with van der Waals surface area (Å²) in [5.41, 5.74) is 4.28. The SMILES string of the molecule is C.C.C.C.C.CC(C)=C(C)C.CC(C)C(C)(C)C.CC(C)C(C)(C)CC(C)(C)C(C)C. The summed E-state index contributed by atoms with van der Waals surface area (Å²) in [4.78, 5) is 0. The standard InChI is InChI=1S/C13H28.C7H16.C6H12.5CH4/c1-10(2)12(5,6)9-13(7,8)11(3)4;1-6(2)7(3,4)5;1-5(2)6(3)4;;;;;/h10-11H,9H2,1-8H3;6H,1-5H3;1-4H3;5*1H4. The Balaban J connectivity index is -0.0000000428. The zero-order valence-electron chi connectivity index (χ0n) is 21.9. The van der Waals surface area contributed by atoms with Crippen LogP contribution in [0.25, 0.3) is 0 Å². The lowest BCUT2D eigenvalue weighted by atomic mass is 9.65. The van der Waals surface area contributed by atoms with E-state index < -0.39 is 0 Å². The summed E-state index contributed by atoms with van der Waals surface area (Å²) in [6.45, 7) is 38.6. The number of allylic oxidation sites excluding steroid dienone is 2. The first kappa shape index (κ1) is 52.6. The van der Waals surface area contributed by atoms with Gasteiger partial charge in [0.25, 0.3) is 0 Å². The molecule has 0 amide bonds. The van der Waals surface area contributed by atoms with Crippen LogP contribution in [-0.2, 0) is 0 Å². The highest BCUT2D eigenvalue weighted by Gasteiger charge is 2.32. The van der Waals surface area contributed by atoms with Crippen molar-refractivity contribution in [3.63, 3.8) is 0 Å². The summed E-state index contributed by atoms with van der Waals surface area (Å²) in [7, 11) is 0. The lowest BCUT2D eigenvalue weighted by Crippen LogP contribution is -2.30. The first-order valence-electron chi connectivity index (χ1n) is 10.8. The quantitative estimate of drug-likeness (QED) is 0.375. The van der Waals surface area contributed by atoms with Crippen LogP contribution < -0.4 is 0 Å². The molecule has 0 atom stereocenters. The summed E-state index contributed by atoms with van der Waals surface area (Å²) >= 11 is 0. The molecule has 0 aliphatic heterocycles. The Hall–Kier alpha value is -0.260. The largest absolute Gasteiger partial charge is 0.0778 e. The summed E-state index contributed by atoms with van der Waals surface area (Å²) in [5.74, 6) is 2.34. The van der Waals surface area contributed by atoms with Gasteiger partial charge in [-0.3, -0.25) is 0 Å². The fraction of sp³-hybridized carbons (Fsp3) is 0.935. The minimum Gasteiger partial charge on any atom is -0.0778 e. The molecule has 0 aliphatic carbocycles. The highest BCUT2D eigenvalue weighted by molar-refractivity contribution is 5.02. The van der Waals surface area contributed by atoms with Crippen molar-refractivity contribution in [2.45, 2.75) is 161 Å². The minimum atomic E-state index is 0. The van der Waals surface area contributed by atoms with Crippen LogP contribution in [0, 0.1) is 34.0 Å². The molecule has 0 fully saturated rings. The Morgan fingerprint density at radius 1 is 0.452 bits per heavy atom. The van der Waals surface area contributed by atoms with Crippen molar-refractivity contribution in [1.29, 1.82) is 0 Å². The normalized spacial score (nSPS) is 10.5. The van der Waals surface area contributed by atoms with Crippen molar-refractivity contribution in [2.24, 2.45) is 34.0 Å². The maximum Gasteiger partial charge on any atom is -0.0326 e. The minimum absolute atomic E-state index is 0. The molecule has 0 bridgehead atoms.